The summed E-state index contributed by atoms with van der Waals surface area (Å²) in [7, 11) is 0. The minimum Gasteiger partial charge on any atom is -0.326 e. The van der Waals surface area contributed by atoms with E-state index in [1.54, 1.807) is 0 Å². The molecule has 0 aliphatic heterocycles. The Morgan fingerprint density at radius 3 is 2.38 bits per heavy atom. The molecule has 1 aliphatic rings. The molecule has 0 amide bonds. The van der Waals surface area contributed by atoms with Gasteiger partial charge in [-0.05, 0) is 30.0 Å². The number of hydrogen-bond donors (Lipinski definition) is 1. The number of rotatable bonds is 2. The highest BCUT2D eigenvalue weighted by Crippen LogP contribution is 2.36. The fraction of sp³-hybridized carbons (Fsp3) is 0.444. The molecule has 0 radical (unpaired) electrons. The molecule has 1 heterocycles. The molecule has 2 N–H and O–H groups in total. The summed E-state index contributed by atoms with van der Waals surface area (Å²) in [5.74, 6) is -1.30. The lowest BCUT2D eigenvalue weighted by molar-refractivity contribution is -0.177. The number of aromatic nitrogens is 2. The molecule has 24 heavy (non-hydrogen) atoms. The molecule has 2 aromatic rings. The van der Waals surface area contributed by atoms with Crippen LogP contribution in [-0.4, -0.2) is 16.4 Å². The summed E-state index contributed by atoms with van der Waals surface area (Å²) in [5.41, 5.74) is 9.49. The molecule has 1 unspecified atom stereocenters. The Morgan fingerprint density at radius 2 is 1.79 bits per heavy atom. The topological polar surface area (TPSA) is 51.8 Å². The number of hydrogen-bond acceptors (Lipinski definition) is 3. The normalized spacial score (nSPS) is 16.8. The van der Waals surface area contributed by atoms with Gasteiger partial charge in [-0.2, -0.15) is 23.4 Å². The summed E-state index contributed by atoms with van der Waals surface area (Å²) in [6, 6.07) is 9.48. The molecular formula is C18H22F3N3. The van der Waals surface area contributed by atoms with Gasteiger partial charge in [0.1, 0.15) is 0 Å². The second-order valence-corrected chi connectivity index (χ2v) is 5.58. The smallest absolute Gasteiger partial charge is 0.326 e. The molecule has 0 saturated carbocycles. The molecule has 0 spiro atoms. The van der Waals surface area contributed by atoms with Crippen molar-refractivity contribution in [2.24, 2.45) is 11.7 Å². The Hall–Kier alpha value is -1.95. The summed E-state index contributed by atoms with van der Waals surface area (Å²) >= 11 is 0. The Morgan fingerprint density at radius 1 is 1.12 bits per heavy atom. The average molecular weight is 337 g/mol. The van der Waals surface area contributed by atoms with E-state index in [-0.39, 0.29) is 12.8 Å². The second kappa shape index (κ2) is 7.75. The van der Waals surface area contributed by atoms with Gasteiger partial charge in [-0.25, -0.2) is 0 Å². The van der Waals surface area contributed by atoms with Crippen LogP contribution in [0.5, 0.6) is 0 Å². The first-order chi connectivity index (χ1) is 11.5. The molecule has 0 bridgehead atoms. The van der Waals surface area contributed by atoms with Crippen LogP contribution in [0.2, 0.25) is 0 Å². The summed E-state index contributed by atoms with van der Waals surface area (Å²) in [6.07, 6.45) is -3.72. The third kappa shape index (κ3) is 4.12. The third-order valence-corrected chi connectivity index (χ3v) is 4.11. The Balaban J connectivity index is 0.00000100. The van der Waals surface area contributed by atoms with Gasteiger partial charge in [-0.3, -0.25) is 0 Å². The van der Waals surface area contributed by atoms with E-state index in [0.717, 1.165) is 16.7 Å². The highest BCUT2D eigenvalue weighted by molar-refractivity contribution is 5.60. The number of nitrogens with two attached hydrogens (primary N) is 1. The van der Waals surface area contributed by atoms with Crippen molar-refractivity contribution in [3.63, 3.8) is 0 Å². The lowest BCUT2D eigenvalue weighted by Gasteiger charge is -2.25. The minimum atomic E-state index is -4.16. The number of fused-ring (bicyclic) bond motifs is 1. The highest BCUT2D eigenvalue weighted by atomic mass is 19.4. The molecule has 0 fully saturated rings. The Kier molecular flexibility index (Phi) is 5.94. The zero-order valence-electron chi connectivity index (χ0n) is 13.9. The van der Waals surface area contributed by atoms with Crippen molar-refractivity contribution >= 4 is 0 Å². The number of nitrogens with zero attached hydrogens (tertiary/aromatic N) is 2. The maximum atomic E-state index is 12.8. The first kappa shape index (κ1) is 18.4. The molecule has 3 nitrogen and oxygen atoms in total. The van der Waals surface area contributed by atoms with Crippen molar-refractivity contribution in [2.45, 2.75) is 45.8 Å². The number of aryl methyl sites for hydroxylation is 1. The SMILES string of the molecule is CC.NCc1ccc(-c2cc3c(nn2)CC(C(F)(F)F)CC3)cc1. The van der Waals surface area contributed by atoms with Crippen molar-refractivity contribution in [1.82, 2.24) is 10.2 Å². The molecule has 1 aromatic carbocycles. The quantitative estimate of drug-likeness (QED) is 0.889. The van der Waals surface area contributed by atoms with Crippen LogP contribution in [0.1, 0.15) is 37.1 Å². The van der Waals surface area contributed by atoms with Gasteiger partial charge in [0.25, 0.3) is 0 Å². The summed E-state index contributed by atoms with van der Waals surface area (Å²) < 4.78 is 38.4. The number of benzene rings is 1. The lowest BCUT2D eigenvalue weighted by Crippen LogP contribution is -2.29. The third-order valence-electron chi connectivity index (χ3n) is 4.11. The first-order valence-electron chi connectivity index (χ1n) is 8.19. The van der Waals surface area contributed by atoms with Crippen LogP contribution >= 0.6 is 0 Å². The largest absolute Gasteiger partial charge is 0.392 e. The fourth-order valence-corrected chi connectivity index (χ4v) is 2.74. The van der Waals surface area contributed by atoms with Crippen molar-refractivity contribution in [2.75, 3.05) is 0 Å². The monoisotopic (exact) mass is 337 g/mol. The summed E-state index contributed by atoms with van der Waals surface area (Å²) in [6.45, 7) is 4.47. The summed E-state index contributed by atoms with van der Waals surface area (Å²) in [5, 5.41) is 8.11. The van der Waals surface area contributed by atoms with Crippen molar-refractivity contribution in [1.29, 1.82) is 0 Å². The van der Waals surface area contributed by atoms with E-state index in [1.807, 2.05) is 44.2 Å². The first-order valence-corrected chi connectivity index (χ1v) is 8.19. The van der Waals surface area contributed by atoms with Gasteiger partial charge in [0.05, 0.1) is 17.3 Å². The Bertz CT molecular complexity index is 666. The minimum absolute atomic E-state index is 0.0712. The molecule has 130 valence electrons. The Labute approximate surface area is 140 Å². The van der Waals surface area contributed by atoms with E-state index < -0.39 is 12.1 Å². The van der Waals surface area contributed by atoms with Gasteiger partial charge < -0.3 is 5.73 Å². The van der Waals surface area contributed by atoms with Crippen LogP contribution < -0.4 is 5.73 Å². The van der Waals surface area contributed by atoms with Crippen molar-refractivity contribution < 1.29 is 13.2 Å². The van der Waals surface area contributed by atoms with Crippen LogP contribution in [0.15, 0.2) is 30.3 Å². The van der Waals surface area contributed by atoms with Crippen LogP contribution in [0, 0.1) is 5.92 Å². The standard InChI is InChI=1S/C16H16F3N3.C2H6/c17-16(18,19)13-6-5-12-7-14(21-22-15(12)8-13)11-3-1-10(9-20)2-4-11;1-2/h1-4,7,13H,5-6,8-9,20H2;1-2H3. The van der Waals surface area contributed by atoms with E-state index in [2.05, 4.69) is 10.2 Å². The van der Waals surface area contributed by atoms with E-state index in [9.17, 15) is 13.2 Å². The second-order valence-electron chi connectivity index (χ2n) is 5.58. The van der Waals surface area contributed by atoms with Crippen LogP contribution in [0.25, 0.3) is 11.3 Å². The molecular weight excluding hydrogens is 315 g/mol. The lowest BCUT2D eigenvalue weighted by atomic mass is 9.86. The molecule has 3 rings (SSSR count). The van der Waals surface area contributed by atoms with Crippen LogP contribution in [-0.2, 0) is 19.4 Å². The van der Waals surface area contributed by atoms with Gasteiger partial charge in [-0.15, -0.1) is 0 Å². The van der Waals surface area contributed by atoms with E-state index in [1.165, 1.54) is 0 Å². The van der Waals surface area contributed by atoms with Crippen LogP contribution in [0.4, 0.5) is 13.2 Å². The average Bonchev–Trinajstić information content (AvgIpc) is 2.62. The van der Waals surface area contributed by atoms with Gasteiger partial charge in [0, 0.05) is 18.5 Å². The van der Waals surface area contributed by atoms with Gasteiger partial charge in [-0.1, -0.05) is 38.1 Å². The van der Waals surface area contributed by atoms with Crippen molar-refractivity contribution in [3.8, 4) is 11.3 Å². The van der Waals surface area contributed by atoms with E-state index >= 15 is 0 Å². The zero-order chi connectivity index (χ0) is 17.7. The molecule has 1 aromatic heterocycles. The summed E-state index contributed by atoms with van der Waals surface area (Å²) in [4.78, 5) is 0. The maximum absolute atomic E-state index is 12.8. The van der Waals surface area contributed by atoms with Gasteiger partial charge in [0.2, 0.25) is 0 Å². The predicted octanol–water partition coefficient (Wildman–Crippen LogP) is 4.30. The zero-order valence-corrected chi connectivity index (χ0v) is 13.9. The van der Waals surface area contributed by atoms with Crippen molar-refractivity contribution in [3.05, 3.63) is 47.2 Å². The highest BCUT2D eigenvalue weighted by Gasteiger charge is 2.41. The van der Waals surface area contributed by atoms with Gasteiger partial charge >= 0.3 is 6.18 Å². The fourth-order valence-electron chi connectivity index (χ4n) is 2.74. The number of halogens is 3. The predicted molar refractivity (Wildman–Crippen MR) is 88.3 cm³/mol. The molecule has 0 saturated heterocycles. The van der Waals surface area contributed by atoms with Gasteiger partial charge in [0.15, 0.2) is 0 Å². The van der Waals surface area contributed by atoms with E-state index in [4.69, 9.17) is 5.73 Å². The van der Waals surface area contributed by atoms with Crippen LogP contribution in [0.3, 0.4) is 0 Å². The maximum Gasteiger partial charge on any atom is 0.392 e. The molecule has 1 aliphatic carbocycles. The number of alkyl halides is 3. The molecule has 1 atom stereocenters. The molecule has 6 heteroatoms. The van der Waals surface area contributed by atoms with E-state index in [0.29, 0.717) is 24.4 Å².